The molecule has 88 valence electrons. The molecule has 1 aromatic heterocycles. The van der Waals surface area contributed by atoms with Crippen LogP contribution in [-0.4, -0.2) is 21.5 Å². The molecule has 0 bridgehead atoms. The van der Waals surface area contributed by atoms with E-state index in [4.69, 9.17) is 22.1 Å². The fourth-order valence-corrected chi connectivity index (χ4v) is 1.20. The maximum Gasteiger partial charge on any atom is 0.348 e. The number of nitrogens with two attached hydrogens (primary N) is 1. The van der Waals surface area contributed by atoms with Gasteiger partial charge in [0.15, 0.2) is 0 Å². The Morgan fingerprint density at radius 3 is 2.75 bits per heavy atom. The van der Waals surface area contributed by atoms with Crippen LogP contribution in [0.1, 0.15) is 19.8 Å². The number of unbranched alkanes of at least 4 members (excludes halogenated alkanes) is 1. The first-order chi connectivity index (χ1) is 7.56. The molecule has 0 aliphatic rings. The van der Waals surface area contributed by atoms with E-state index < -0.39 is 10.6 Å². The quantitative estimate of drug-likeness (QED) is 0.368. The number of ether oxygens (including phenoxy) is 1. The standard InChI is InChI=1S/C8H11ClN4O3/c1-2-3-4-16-8-11-6(9)5(13(14)15)7(10)12-8/h2-4H2,1H3,(H2,10,11,12). The molecular weight excluding hydrogens is 236 g/mol. The van der Waals surface area contributed by atoms with Crippen molar-refractivity contribution in [2.24, 2.45) is 0 Å². The second kappa shape index (κ2) is 5.45. The van der Waals surface area contributed by atoms with Crippen LogP contribution in [0.25, 0.3) is 0 Å². The van der Waals surface area contributed by atoms with Gasteiger partial charge in [0.05, 0.1) is 11.5 Å². The zero-order valence-electron chi connectivity index (χ0n) is 8.64. The molecule has 0 amide bonds. The predicted molar refractivity (Wildman–Crippen MR) is 58.5 cm³/mol. The molecular formula is C8H11ClN4O3. The van der Waals surface area contributed by atoms with Gasteiger partial charge in [-0.1, -0.05) is 24.9 Å². The van der Waals surface area contributed by atoms with E-state index >= 15 is 0 Å². The van der Waals surface area contributed by atoms with Crippen molar-refractivity contribution in [2.45, 2.75) is 19.8 Å². The zero-order valence-corrected chi connectivity index (χ0v) is 9.40. The fraction of sp³-hybridized carbons (Fsp3) is 0.500. The third-order valence-corrected chi connectivity index (χ3v) is 2.02. The smallest absolute Gasteiger partial charge is 0.348 e. The van der Waals surface area contributed by atoms with E-state index in [0.29, 0.717) is 6.61 Å². The van der Waals surface area contributed by atoms with Crippen LogP contribution < -0.4 is 10.5 Å². The average Bonchev–Trinajstić information content (AvgIpc) is 2.16. The van der Waals surface area contributed by atoms with Gasteiger partial charge in [-0.2, -0.15) is 9.97 Å². The number of aromatic nitrogens is 2. The summed E-state index contributed by atoms with van der Waals surface area (Å²) < 4.78 is 5.13. The molecule has 1 aromatic rings. The zero-order chi connectivity index (χ0) is 12.1. The van der Waals surface area contributed by atoms with Gasteiger partial charge in [0.1, 0.15) is 0 Å². The Morgan fingerprint density at radius 1 is 1.56 bits per heavy atom. The third kappa shape index (κ3) is 2.93. The second-order valence-electron chi connectivity index (χ2n) is 2.99. The molecule has 1 rings (SSSR count). The van der Waals surface area contributed by atoms with E-state index in [1.54, 1.807) is 0 Å². The van der Waals surface area contributed by atoms with E-state index in [1.165, 1.54) is 0 Å². The summed E-state index contributed by atoms with van der Waals surface area (Å²) >= 11 is 5.59. The van der Waals surface area contributed by atoms with Crippen LogP contribution >= 0.6 is 11.6 Å². The van der Waals surface area contributed by atoms with Crippen molar-refractivity contribution in [1.29, 1.82) is 0 Å². The topological polar surface area (TPSA) is 104 Å². The molecule has 0 saturated heterocycles. The van der Waals surface area contributed by atoms with Crippen LogP contribution in [0, 0.1) is 10.1 Å². The lowest BCUT2D eigenvalue weighted by Crippen LogP contribution is -2.06. The summed E-state index contributed by atoms with van der Waals surface area (Å²) in [6.07, 6.45) is 1.79. The molecule has 0 fully saturated rings. The molecule has 0 saturated carbocycles. The first kappa shape index (κ1) is 12.4. The van der Waals surface area contributed by atoms with E-state index in [9.17, 15) is 10.1 Å². The van der Waals surface area contributed by atoms with Gasteiger partial charge < -0.3 is 10.5 Å². The summed E-state index contributed by atoms with van der Waals surface area (Å²) in [4.78, 5) is 17.1. The van der Waals surface area contributed by atoms with Crippen LogP contribution in [-0.2, 0) is 0 Å². The number of anilines is 1. The van der Waals surface area contributed by atoms with E-state index in [0.717, 1.165) is 12.8 Å². The van der Waals surface area contributed by atoms with E-state index in [-0.39, 0.29) is 17.0 Å². The van der Waals surface area contributed by atoms with Gasteiger partial charge in [-0.15, -0.1) is 0 Å². The normalized spacial score (nSPS) is 10.1. The molecule has 0 atom stereocenters. The largest absolute Gasteiger partial charge is 0.463 e. The van der Waals surface area contributed by atoms with Crippen molar-refractivity contribution in [3.05, 3.63) is 15.3 Å². The second-order valence-corrected chi connectivity index (χ2v) is 3.35. The predicted octanol–water partition coefficient (Wildman–Crippen LogP) is 1.80. The Bertz CT molecular complexity index is 376. The molecule has 16 heavy (non-hydrogen) atoms. The Kier molecular flexibility index (Phi) is 4.24. The number of rotatable bonds is 5. The molecule has 0 aromatic carbocycles. The average molecular weight is 247 g/mol. The highest BCUT2D eigenvalue weighted by Gasteiger charge is 2.21. The number of nitro groups is 1. The number of hydrogen-bond donors (Lipinski definition) is 1. The highest BCUT2D eigenvalue weighted by Crippen LogP contribution is 2.28. The summed E-state index contributed by atoms with van der Waals surface area (Å²) in [6.45, 7) is 2.42. The first-order valence-electron chi connectivity index (χ1n) is 4.66. The SMILES string of the molecule is CCCCOc1nc(N)c([N+](=O)[O-])c(Cl)n1. The van der Waals surface area contributed by atoms with Gasteiger partial charge in [-0.25, -0.2) is 0 Å². The molecule has 0 radical (unpaired) electrons. The third-order valence-electron chi connectivity index (χ3n) is 1.76. The fourth-order valence-electron chi connectivity index (χ4n) is 0.965. The number of nitrogen functional groups attached to an aromatic ring is 1. The van der Waals surface area contributed by atoms with Crippen molar-refractivity contribution < 1.29 is 9.66 Å². The molecule has 0 aliphatic carbocycles. The minimum absolute atomic E-state index is 0.0402. The Labute approximate surface area is 96.7 Å². The monoisotopic (exact) mass is 246 g/mol. The summed E-state index contributed by atoms with van der Waals surface area (Å²) in [5, 5.41) is 10.2. The van der Waals surface area contributed by atoms with Gasteiger partial charge in [0, 0.05) is 0 Å². The summed E-state index contributed by atoms with van der Waals surface area (Å²) in [7, 11) is 0. The molecule has 2 N–H and O–H groups in total. The van der Waals surface area contributed by atoms with Crippen LogP contribution in [0.3, 0.4) is 0 Å². The van der Waals surface area contributed by atoms with Gasteiger partial charge in [-0.3, -0.25) is 10.1 Å². The number of nitrogens with zero attached hydrogens (tertiary/aromatic N) is 3. The molecule has 0 aliphatic heterocycles. The van der Waals surface area contributed by atoms with Crippen LogP contribution in [0.15, 0.2) is 0 Å². The van der Waals surface area contributed by atoms with Crippen LogP contribution in [0.4, 0.5) is 11.5 Å². The Morgan fingerprint density at radius 2 is 2.25 bits per heavy atom. The molecule has 1 heterocycles. The lowest BCUT2D eigenvalue weighted by molar-refractivity contribution is -0.384. The van der Waals surface area contributed by atoms with Crippen LogP contribution in [0.5, 0.6) is 6.01 Å². The highest BCUT2D eigenvalue weighted by molar-refractivity contribution is 6.31. The molecule has 0 spiro atoms. The van der Waals surface area contributed by atoms with Crippen molar-refractivity contribution in [1.82, 2.24) is 9.97 Å². The van der Waals surface area contributed by atoms with E-state index in [2.05, 4.69) is 9.97 Å². The van der Waals surface area contributed by atoms with Crippen molar-refractivity contribution >= 4 is 23.1 Å². The number of halogens is 1. The Balaban J connectivity index is 2.87. The van der Waals surface area contributed by atoms with Gasteiger partial charge >= 0.3 is 11.7 Å². The minimum atomic E-state index is -0.729. The summed E-state index contributed by atoms with van der Waals surface area (Å²) in [5.74, 6) is -0.295. The maximum atomic E-state index is 10.5. The highest BCUT2D eigenvalue weighted by atomic mass is 35.5. The van der Waals surface area contributed by atoms with Crippen LogP contribution in [0.2, 0.25) is 5.15 Å². The lowest BCUT2D eigenvalue weighted by Gasteiger charge is -2.04. The maximum absolute atomic E-state index is 10.5. The minimum Gasteiger partial charge on any atom is -0.463 e. The molecule has 8 heteroatoms. The van der Waals surface area contributed by atoms with Crippen molar-refractivity contribution in [2.75, 3.05) is 12.3 Å². The molecule has 0 unspecified atom stereocenters. The van der Waals surface area contributed by atoms with Gasteiger partial charge in [-0.05, 0) is 6.42 Å². The Hall–Kier alpha value is -1.63. The van der Waals surface area contributed by atoms with Crippen molar-refractivity contribution in [3.63, 3.8) is 0 Å². The summed E-state index contributed by atoms with van der Waals surface area (Å²) in [6, 6.07) is -0.0402. The number of hydrogen-bond acceptors (Lipinski definition) is 6. The first-order valence-corrected chi connectivity index (χ1v) is 5.04. The lowest BCUT2D eigenvalue weighted by atomic mass is 10.4. The van der Waals surface area contributed by atoms with Crippen molar-refractivity contribution in [3.8, 4) is 6.01 Å². The van der Waals surface area contributed by atoms with Gasteiger partial charge in [0.2, 0.25) is 11.0 Å². The van der Waals surface area contributed by atoms with Gasteiger partial charge in [0.25, 0.3) is 0 Å². The van der Waals surface area contributed by atoms with E-state index in [1.807, 2.05) is 6.92 Å². The molecule has 7 nitrogen and oxygen atoms in total. The summed E-state index contributed by atoms with van der Waals surface area (Å²) in [5.41, 5.74) is 4.87.